The fourth-order valence-electron chi connectivity index (χ4n) is 1.07. The van der Waals surface area contributed by atoms with Gasteiger partial charge in [-0.2, -0.15) is 0 Å². The topological polar surface area (TPSA) is 29.5 Å². The molecule has 0 amide bonds. The first-order valence-electron chi connectivity index (χ1n) is 5.74. The number of rotatable bonds is 10. The van der Waals surface area contributed by atoms with Crippen LogP contribution in [0.4, 0.5) is 0 Å². The van der Waals surface area contributed by atoms with E-state index in [1.54, 1.807) is 0 Å². The molecule has 0 bridgehead atoms. The van der Waals surface area contributed by atoms with Crippen molar-refractivity contribution in [2.24, 2.45) is 0 Å². The molecule has 0 saturated carbocycles. The van der Waals surface area contributed by atoms with Crippen LogP contribution in [0.25, 0.3) is 0 Å². The first kappa shape index (κ1) is 19.9. The molecule has 0 spiro atoms. The Hall–Kier alpha value is 1.54. The number of hydrogen-bond donors (Lipinski definition) is 1. The summed E-state index contributed by atoms with van der Waals surface area (Å²) in [5, 5.41) is 0. The van der Waals surface area contributed by atoms with Crippen LogP contribution in [-0.2, 0) is 35.8 Å². The van der Waals surface area contributed by atoms with Gasteiger partial charge in [-0.1, -0.05) is 50.9 Å². The number of unbranched alkanes of at least 4 members (excludes halogenated alkanes) is 4. The van der Waals surface area contributed by atoms with Gasteiger partial charge in [0.05, 0.1) is 6.61 Å². The molecule has 0 aromatic rings. The van der Waals surface area contributed by atoms with E-state index >= 15 is 0 Å². The predicted octanol–water partition coefficient (Wildman–Crippen LogP) is 4.33. The van der Waals surface area contributed by atoms with E-state index in [1.165, 1.54) is 30.6 Å². The second-order valence-electron chi connectivity index (χ2n) is 3.55. The van der Waals surface area contributed by atoms with E-state index < -0.39 is 5.69 Å². The van der Waals surface area contributed by atoms with Gasteiger partial charge in [-0.3, -0.25) is 0 Å². The van der Waals surface area contributed by atoms with Gasteiger partial charge in [0.25, 0.3) is 0 Å². The Labute approximate surface area is 122 Å². The Bertz CT molecular complexity index is 194. The zero-order valence-electron chi connectivity index (χ0n) is 10.5. The molecule has 1 atom stereocenters. The standard InChI is InChI=1S/C10H23O2PS2.Zn/c1-3-5-7-8-10-15-13(11,14)12-9-6-4-2;/h3-10H2,1-2H3,(H,11,14);. The van der Waals surface area contributed by atoms with Gasteiger partial charge >= 0.3 is 0 Å². The van der Waals surface area contributed by atoms with Gasteiger partial charge in [-0.05, 0) is 24.6 Å². The average Bonchev–Trinajstić information content (AvgIpc) is 2.17. The van der Waals surface area contributed by atoms with Gasteiger partial charge in [0.2, 0.25) is 5.69 Å². The van der Waals surface area contributed by atoms with E-state index in [1.807, 2.05) is 0 Å². The minimum Gasteiger partial charge on any atom is -0.337 e. The van der Waals surface area contributed by atoms with Crippen LogP contribution in [0.5, 0.6) is 0 Å². The zero-order chi connectivity index (χ0) is 11.6. The normalized spacial score (nSPS) is 14.2. The van der Waals surface area contributed by atoms with Gasteiger partial charge in [-0.15, -0.1) is 0 Å². The van der Waals surface area contributed by atoms with Crippen molar-refractivity contribution in [2.75, 3.05) is 12.4 Å². The van der Waals surface area contributed by atoms with E-state index in [0.29, 0.717) is 6.61 Å². The summed E-state index contributed by atoms with van der Waals surface area (Å²) < 4.78 is 5.32. The van der Waals surface area contributed by atoms with Crippen molar-refractivity contribution in [3.05, 3.63) is 0 Å². The first-order valence-corrected chi connectivity index (χ1v) is 10.0. The molecule has 0 aromatic heterocycles. The smallest absolute Gasteiger partial charge is 0.244 e. The summed E-state index contributed by atoms with van der Waals surface area (Å²) >= 11 is 6.48. The Balaban J connectivity index is 0. The molecule has 0 saturated heterocycles. The molecule has 0 fully saturated rings. The van der Waals surface area contributed by atoms with E-state index in [9.17, 15) is 4.89 Å². The van der Waals surface area contributed by atoms with Gasteiger partial charge in [0.15, 0.2) is 0 Å². The fourth-order valence-corrected chi connectivity index (χ4v) is 4.49. The monoisotopic (exact) mass is 334 g/mol. The van der Waals surface area contributed by atoms with E-state index in [-0.39, 0.29) is 19.5 Å². The van der Waals surface area contributed by atoms with E-state index in [4.69, 9.17) is 16.3 Å². The minimum absolute atomic E-state index is 0. The first-order chi connectivity index (χ1) is 7.12. The molecule has 0 heterocycles. The quantitative estimate of drug-likeness (QED) is 0.365. The summed E-state index contributed by atoms with van der Waals surface area (Å²) in [5.41, 5.74) is -2.52. The summed E-state index contributed by atoms with van der Waals surface area (Å²) in [6.45, 7) is 4.89. The van der Waals surface area contributed by atoms with Crippen LogP contribution in [0, 0.1) is 0 Å². The molecule has 0 aliphatic heterocycles. The largest absolute Gasteiger partial charge is 0.337 e. The second kappa shape index (κ2) is 13.0. The van der Waals surface area contributed by atoms with E-state index in [2.05, 4.69) is 13.8 Å². The molecule has 0 aromatic carbocycles. The Morgan fingerprint density at radius 1 is 1.12 bits per heavy atom. The second-order valence-corrected chi connectivity index (χ2v) is 9.85. The minimum atomic E-state index is -2.52. The molecule has 2 nitrogen and oxygen atoms in total. The maximum Gasteiger partial charge on any atom is 0.244 e. The molecule has 6 heteroatoms. The summed E-state index contributed by atoms with van der Waals surface area (Å²) in [6.07, 6.45) is 6.94. The van der Waals surface area contributed by atoms with E-state index in [0.717, 1.165) is 25.0 Å². The molecule has 1 unspecified atom stereocenters. The molecule has 16 heavy (non-hydrogen) atoms. The fraction of sp³-hybridized carbons (Fsp3) is 1.00. The SMILES string of the molecule is CCCCCCSP(O)(=S)OCCCC.[Zn]. The van der Waals surface area contributed by atoms with Crippen LogP contribution in [0.3, 0.4) is 0 Å². The van der Waals surface area contributed by atoms with Gasteiger partial charge in [0.1, 0.15) is 0 Å². The van der Waals surface area contributed by atoms with Gasteiger partial charge < -0.3 is 9.42 Å². The summed E-state index contributed by atoms with van der Waals surface area (Å²) in [6, 6.07) is 0. The molecule has 94 valence electrons. The van der Waals surface area contributed by atoms with Gasteiger partial charge in [0, 0.05) is 25.2 Å². The summed E-state index contributed by atoms with van der Waals surface area (Å²) in [5.74, 6) is 0.930. The van der Waals surface area contributed by atoms with Crippen LogP contribution in [0.2, 0.25) is 0 Å². The molecule has 0 aliphatic carbocycles. The Kier molecular flexibility index (Phi) is 16.1. The zero-order valence-corrected chi connectivity index (χ0v) is 16.0. The van der Waals surface area contributed by atoms with Crippen molar-refractivity contribution >= 4 is 28.9 Å². The molecule has 1 N–H and O–H groups in total. The Morgan fingerprint density at radius 3 is 2.31 bits per heavy atom. The van der Waals surface area contributed by atoms with Crippen molar-refractivity contribution in [3.8, 4) is 0 Å². The maximum atomic E-state index is 9.76. The third-order valence-electron chi connectivity index (χ3n) is 2.00. The third-order valence-corrected chi connectivity index (χ3v) is 6.42. The molecule has 0 radical (unpaired) electrons. The van der Waals surface area contributed by atoms with Crippen molar-refractivity contribution < 1.29 is 28.9 Å². The average molecular weight is 336 g/mol. The van der Waals surface area contributed by atoms with Crippen molar-refractivity contribution in [1.82, 2.24) is 0 Å². The maximum absolute atomic E-state index is 9.76. The molecule has 0 rings (SSSR count). The van der Waals surface area contributed by atoms with Crippen LogP contribution >= 0.6 is 17.1 Å². The number of hydrogen-bond acceptors (Lipinski definition) is 3. The Morgan fingerprint density at radius 2 is 1.75 bits per heavy atom. The van der Waals surface area contributed by atoms with Crippen molar-refractivity contribution in [3.63, 3.8) is 0 Å². The molecular weight excluding hydrogens is 313 g/mol. The molecular formula is C10H23O2PS2Zn. The summed E-state index contributed by atoms with van der Waals surface area (Å²) in [4.78, 5) is 9.76. The van der Waals surface area contributed by atoms with Crippen LogP contribution in [-0.4, -0.2) is 17.3 Å². The van der Waals surface area contributed by atoms with Crippen molar-refractivity contribution in [1.29, 1.82) is 0 Å². The van der Waals surface area contributed by atoms with Crippen LogP contribution in [0.1, 0.15) is 52.4 Å². The summed E-state index contributed by atoms with van der Waals surface area (Å²) in [7, 11) is 0. The third kappa shape index (κ3) is 13.6. The van der Waals surface area contributed by atoms with Crippen LogP contribution < -0.4 is 0 Å². The van der Waals surface area contributed by atoms with Gasteiger partial charge in [-0.25, -0.2) is 0 Å². The van der Waals surface area contributed by atoms with Crippen molar-refractivity contribution in [2.45, 2.75) is 52.4 Å². The van der Waals surface area contributed by atoms with Crippen LogP contribution in [0.15, 0.2) is 0 Å². The molecule has 0 aliphatic rings. The predicted molar refractivity (Wildman–Crippen MR) is 74.0 cm³/mol.